The first-order valence-electron chi connectivity index (χ1n) is 10.5. The molecule has 1 N–H and O–H groups in total. The number of carbonyl (C=O) groups is 2. The number of carbonyl (C=O) groups excluding carboxylic acids is 2. The molecule has 2 amide bonds. The van der Waals surface area contributed by atoms with Crippen LogP contribution in [-0.4, -0.2) is 81.2 Å². The first-order chi connectivity index (χ1) is 14.0. The molecule has 0 aliphatic carbocycles. The summed E-state index contributed by atoms with van der Waals surface area (Å²) in [6.45, 7) is 5.78. The van der Waals surface area contributed by atoms with E-state index in [1.165, 1.54) is 0 Å². The fourth-order valence-electron chi connectivity index (χ4n) is 4.68. The van der Waals surface area contributed by atoms with Crippen LogP contribution in [0.15, 0.2) is 24.3 Å². The molecule has 2 aliphatic heterocycles. The minimum absolute atomic E-state index is 0.0489. The van der Waals surface area contributed by atoms with Crippen LogP contribution in [-0.2, 0) is 9.53 Å². The molecule has 7 nitrogen and oxygen atoms in total. The van der Waals surface area contributed by atoms with Crippen LogP contribution in [0.25, 0.3) is 0 Å². The summed E-state index contributed by atoms with van der Waals surface area (Å²) in [6.07, 6.45) is 2.38. The standard InChI is InChI=1S/C22H33N3O4/c1-4-29-15-12-23-21(27)22-10-7-13-25(19(22)16-24(2)14-11-22)20(26)17-8-5-6-9-18(17)28-3/h5-6,8-9,19H,4,7,10-16H2,1-3H3,(H,23,27)/t19-,22+/m0/s1. The third-order valence-corrected chi connectivity index (χ3v) is 6.25. The number of nitrogens with zero attached hydrogens (tertiary/aromatic N) is 2. The van der Waals surface area contributed by atoms with Crippen molar-refractivity contribution in [3.63, 3.8) is 0 Å². The molecule has 2 atom stereocenters. The number of piperidine rings is 2. The highest BCUT2D eigenvalue weighted by Gasteiger charge is 2.53. The van der Waals surface area contributed by atoms with Crippen molar-refractivity contribution < 1.29 is 19.1 Å². The largest absolute Gasteiger partial charge is 0.496 e. The number of fused-ring (bicyclic) bond motifs is 1. The third kappa shape index (κ3) is 4.41. The third-order valence-electron chi connectivity index (χ3n) is 6.25. The number of hydrogen-bond acceptors (Lipinski definition) is 5. The van der Waals surface area contributed by atoms with Crippen molar-refractivity contribution in [2.45, 2.75) is 32.2 Å². The van der Waals surface area contributed by atoms with E-state index in [4.69, 9.17) is 9.47 Å². The molecule has 0 unspecified atom stereocenters. The van der Waals surface area contributed by atoms with Gasteiger partial charge in [-0.15, -0.1) is 0 Å². The normalized spacial score (nSPS) is 24.7. The van der Waals surface area contributed by atoms with Crippen LogP contribution in [0.1, 0.15) is 36.5 Å². The van der Waals surface area contributed by atoms with E-state index < -0.39 is 5.41 Å². The van der Waals surface area contributed by atoms with Crippen LogP contribution in [0.5, 0.6) is 5.75 Å². The Hall–Kier alpha value is -2.12. The van der Waals surface area contributed by atoms with Crippen LogP contribution in [0.3, 0.4) is 0 Å². The van der Waals surface area contributed by atoms with Crippen molar-refractivity contribution in [2.24, 2.45) is 5.41 Å². The molecule has 2 heterocycles. The van der Waals surface area contributed by atoms with Crippen molar-refractivity contribution in [2.75, 3.05) is 53.6 Å². The highest BCUT2D eigenvalue weighted by Crippen LogP contribution is 2.43. The number of nitrogens with one attached hydrogen (secondary N) is 1. The van der Waals surface area contributed by atoms with Gasteiger partial charge in [-0.1, -0.05) is 12.1 Å². The van der Waals surface area contributed by atoms with Gasteiger partial charge in [0, 0.05) is 26.2 Å². The zero-order valence-electron chi connectivity index (χ0n) is 17.8. The number of rotatable bonds is 7. The zero-order valence-corrected chi connectivity index (χ0v) is 17.8. The van der Waals surface area contributed by atoms with Crippen molar-refractivity contribution in [1.29, 1.82) is 0 Å². The molecule has 0 saturated carbocycles. The van der Waals surface area contributed by atoms with E-state index in [9.17, 15) is 9.59 Å². The van der Waals surface area contributed by atoms with E-state index in [1.807, 2.05) is 24.0 Å². The van der Waals surface area contributed by atoms with Gasteiger partial charge in [0.15, 0.2) is 0 Å². The maximum absolute atomic E-state index is 13.5. The highest BCUT2D eigenvalue weighted by atomic mass is 16.5. The number of likely N-dealkylation sites (tertiary alicyclic amines) is 2. The summed E-state index contributed by atoms with van der Waals surface area (Å²) < 4.78 is 10.8. The van der Waals surface area contributed by atoms with Gasteiger partial charge in [0.2, 0.25) is 5.91 Å². The topological polar surface area (TPSA) is 71.1 Å². The molecule has 160 valence electrons. The van der Waals surface area contributed by atoms with Gasteiger partial charge in [-0.05, 0) is 51.9 Å². The lowest BCUT2D eigenvalue weighted by molar-refractivity contribution is -0.142. The maximum atomic E-state index is 13.5. The Labute approximate surface area is 173 Å². The summed E-state index contributed by atoms with van der Waals surface area (Å²) in [7, 11) is 3.63. The summed E-state index contributed by atoms with van der Waals surface area (Å²) in [5, 5.41) is 3.07. The van der Waals surface area contributed by atoms with Gasteiger partial charge < -0.3 is 24.6 Å². The van der Waals surface area contributed by atoms with Crippen molar-refractivity contribution in [3.05, 3.63) is 29.8 Å². The van der Waals surface area contributed by atoms with E-state index in [2.05, 4.69) is 17.3 Å². The Balaban J connectivity index is 1.85. The molecular formula is C22H33N3O4. The first kappa shape index (κ1) is 21.6. The number of ether oxygens (including phenoxy) is 2. The van der Waals surface area contributed by atoms with E-state index in [1.54, 1.807) is 19.2 Å². The number of likely N-dealkylation sites (N-methyl/N-ethyl adjacent to an activating group) is 1. The fraction of sp³-hybridized carbons (Fsp3) is 0.636. The SMILES string of the molecule is CCOCCNC(=O)[C@@]12CCCN(C(=O)c3ccccc3OC)[C@H]1CN(C)CC2. The molecule has 1 aromatic rings. The number of hydrogen-bond donors (Lipinski definition) is 1. The number of amides is 2. The predicted octanol–water partition coefficient (Wildman–Crippen LogP) is 1.77. The minimum Gasteiger partial charge on any atom is -0.496 e. The molecule has 2 saturated heterocycles. The molecule has 3 rings (SSSR count). The second-order valence-corrected chi connectivity index (χ2v) is 7.94. The van der Waals surface area contributed by atoms with Gasteiger partial charge >= 0.3 is 0 Å². The Morgan fingerprint density at radius 1 is 1.24 bits per heavy atom. The molecular weight excluding hydrogens is 370 g/mol. The van der Waals surface area contributed by atoms with Crippen molar-refractivity contribution in [1.82, 2.24) is 15.1 Å². The molecule has 1 aromatic carbocycles. The average molecular weight is 404 g/mol. The van der Waals surface area contributed by atoms with Gasteiger partial charge in [0.1, 0.15) is 5.75 Å². The molecule has 2 fully saturated rings. The lowest BCUT2D eigenvalue weighted by Crippen LogP contribution is -2.66. The smallest absolute Gasteiger partial charge is 0.257 e. The molecule has 0 bridgehead atoms. The van der Waals surface area contributed by atoms with Gasteiger partial charge in [0.05, 0.1) is 30.7 Å². The Kier molecular flexibility index (Phi) is 7.14. The lowest BCUT2D eigenvalue weighted by atomic mass is 9.67. The average Bonchev–Trinajstić information content (AvgIpc) is 2.75. The summed E-state index contributed by atoms with van der Waals surface area (Å²) in [6, 6.07) is 7.15. The number of para-hydroxylation sites is 1. The number of methoxy groups -OCH3 is 1. The molecule has 7 heteroatoms. The lowest BCUT2D eigenvalue weighted by Gasteiger charge is -2.53. The minimum atomic E-state index is -0.547. The van der Waals surface area contributed by atoms with E-state index >= 15 is 0 Å². The molecule has 0 radical (unpaired) electrons. The van der Waals surface area contributed by atoms with E-state index in [0.717, 1.165) is 25.8 Å². The second-order valence-electron chi connectivity index (χ2n) is 7.94. The second kappa shape index (κ2) is 9.59. The zero-order chi connectivity index (χ0) is 20.9. The maximum Gasteiger partial charge on any atom is 0.257 e. The highest BCUT2D eigenvalue weighted by molar-refractivity contribution is 5.98. The van der Waals surface area contributed by atoms with Crippen LogP contribution in [0, 0.1) is 5.41 Å². The quantitative estimate of drug-likeness (QED) is 0.703. The molecule has 29 heavy (non-hydrogen) atoms. The van der Waals surface area contributed by atoms with Crippen LogP contribution in [0.4, 0.5) is 0 Å². The fourth-order valence-corrected chi connectivity index (χ4v) is 4.68. The monoisotopic (exact) mass is 403 g/mol. The summed E-state index contributed by atoms with van der Waals surface area (Å²) in [4.78, 5) is 30.9. The summed E-state index contributed by atoms with van der Waals surface area (Å²) in [5.41, 5.74) is 0.00467. The van der Waals surface area contributed by atoms with Crippen LogP contribution < -0.4 is 10.1 Å². The van der Waals surface area contributed by atoms with Crippen LogP contribution >= 0.6 is 0 Å². The van der Waals surface area contributed by atoms with Gasteiger partial charge in [-0.3, -0.25) is 9.59 Å². The molecule has 0 aromatic heterocycles. The van der Waals surface area contributed by atoms with Gasteiger partial charge in [-0.25, -0.2) is 0 Å². The van der Waals surface area contributed by atoms with Gasteiger partial charge in [-0.2, -0.15) is 0 Å². The Bertz CT molecular complexity index is 726. The first-order valence-corrected chi connectivity index (χ1v) is 10.5. The Morgan fingerprint density at radius 3 is 2.79 bits per heavy atom. The molecule has 0 spiro atoms. The predicted molar refractivity (Wildman–Crippen MR) is 111 cm³/mol. The van der Waals surface area contributed by atoms with Gasteiger partial charge in [0.25, 0.3) is 5.91 Å². The van der Waals surface area contributed by atoms with E-state index in [0.29, 0.717) is 44.2 Å². The van der Waals surface area contributed by atoms with Crippen molar-refractivity contribution in [3.8, 4) is 5.75 Å². The van der Waals surface area contributed by atoms with Crippen molar-refractivity contribution >= 4 is 11.8 Å². The summed E-state index contributed by atoms with van der Waals surface area (Å²) >= 11 is 0. The number of benzene rings is 1. The molecule has 2 aliphatic rings. The Morgan fingerprint density at radius 2 is 2.03 bits per heavy atom. The summed E-state index contributed by atoms with van der Waals surface area (Å²) in [5.74, 6) is 0.556. The van der Waals surface area contributed by atoms with E-state index in [-0.39, 0.29) is 17.9 Å². The van der Waals surface area contributed by atoms with Crippen LogP contribution in [0.2, 0.25) is 0 Å².